The van der Waals surface area contributed by atoms with Crippen LogP contribution in [0.3, 0.4) is 0 Å². The third-order valence-corrected chi connectivity index (χ3v) is 9.40. The minimum Gasteiger partial charge on any atom is -0.309 e. The molecule has 0 fully saturated rings. The first-order valence-electron chi connectivity index (χ1n) is 12.3. The van der Waals surface area contributed by atoms with Crippen LogP contribution >= 0.6 is 11.3 Å². The number of thiazole rings is 1. The number of para-hydroxylation sites is 1. The quantitative estimate of drug-likeness (QED) is 0.320. The number of amides is 1. The second kappa shape index (κ2) is 10.2. The largest absolute Gasteiger partial charge is 0.309 e. The maximum atomic E-state index is 13.7. The molecule has 0 aliphatic carbocycles. The monoisotopic (exact) mass is 534 g/mol. The molecule has 0 bridgehead atoms. The van der Waals surface area contributed by atoms with E-state index < -0.39 is 10.0 Å². The highest BCUT2D eigenvalue weighted by atomic mass is 32.2. The molecule has 7 nitrogen and oxygen atoms in total. The first kappa shape index (κ1) is 25.4. The first-order valence-corrected chi connectivity index (χ1v) is 14.5. The molecule has 4 aromatic rings. The average molecular weight is 535 g/mol. The molecule has 0 saturated carbocycles. The summed E-state index contributed by atoms with van der Waals surface area (Å²) in [5.74, 6) is -0.190. The van der Waals surface area contributed by atoms with Crippen LogP contribution in [0.2, 0.25) is 0 Å². The number of hydrogen-bond acceptors (Lipinski definition) is 6. The molecule has 0 radical (unpaired) electrons. The van der Waals surface area contributed by atoms with Crippen LogP contribution < -0.4 is 9.21 Å². The number of benzene rings is 3. The molecule has 0 N–H and O–H groups in total. The summed E-state index contributed by atoms with van der Waals surface area (Å²) in [6.45, 7) is 3.80. The number of carbonyl (C=O) groups is 1. The summed E-state index contributed by atoms with van der Waals surface area (Å²) in [5.41, 5.74) is 4.19. The second-order valence-electron chi connectivity index (χ2n) is 9.56. The topological polar surface area (TPSA) is 73.8 Å². The first-order chi connectivity index (χ1) is 17.7. The van der Waals surface area contributed by atoms with Crippen molar-refractivity contribution in [3.05, 3.63) is 83.4 Å². The smallest absolute Gasteiger partial charge is 0.264 e. The van der Waals surface area contributed by atoms with E-state index in [4.69, 9.17) is 4.98 Å². The minimum atomic E-state index is -3.72. The van der Waals surface area contributed by atoms with Crippen molar-refractivity contribution in [2.75, 3.05) is 42.9 Å². The zero-order valence-corrected chi connectivity index (χ0v) is 22.8. The second-order valence-corrected chi connectivity index (χ2v) is 12.4. The van der Waals surface area contributed by atoms with E-state index in [9.17, 15) is 13.2 Å². The van der Waals surface area contributed by atoms with E-state index in [0.29, 0.717) is 30.2 Å². The van der Waals surface area contributed by atoms with Crippen molar-refractivity contribution in [2.45, 2.75) is 24.7 Å². The molecule has 192 valence electrons. The van der Waals surface area contributed by atoms with Gasteiger partial charge < -0.3 is 4.90 Å². The molecule has 5 rings (SSSR count). The molecule has 1 amide bonds. The molecule has 0 atom stereocenters. The Hall–Kier alpha value is -3.27. The van der Waals surface area contributed by atoms with Gasteiger partial charge in [-0.15, -0.1) is 0 Å². The normalized spacial score (nSPS) is 13.4. The number of sulfonamides is 1. The van der Waals surface area contributed by atoms with Crippen LogP contribution in [0, 0.1) is 6.92 Å². The average Bonchev–Trinajstić information content (AvgIpc) is 3.50. The van der Waals surface area contributed by atoms with Crippen molar-refractivity contribution in [3.63, 3.8) is 0 Å². The van der Waals surface area contributed by atoms with Gasteiger partial charge in [0.1, 0.15) is 0 Å². The highest BCUT2D eigenvalue weighted by Crippen LogP contribution is 2.33. The summed E-state index contributed by atoms with van der Waals surface area (Å²) >= 11 is 1.50. The van der Waals surface area contributed by atoms with Crippen molar-refractivity contribution in [3.8, 4) is 0 Å². The molecular weight excluding hydrogens is 504 g/mol. The lowest BCUT2D eigenvalue weighted by Crippen LogP contribution is -2.33. The molecule has 1 aromatic heterocycles. The van der Waals surface area contributed by atoms with E-state index >= 15 is 0 Å². The van der Waals surface area contributed by atoms with Crippen LogP contribution in [0.1, 0.15) is 27.9 Å². The highest BCUT2D eigenvalue weighted by molar-refractivity contribution is 7.92. The number of nitrogens with zero attached hydrogens (tertiary/aromatic N) is 4. The predicted octanol–water partition coefficient (Wildman–Crippen LogP) is 4.95. The number of fused-ring (bicyclic) bond motifs is 2. The molecule has 1 aliphatic heterocycles. The Morgan fingerprint density at radius 3 is 2.54 bits per heavy atom. The lowest BCUT2D eigenvalue weighted by Gasteiger charge is -2.22. The van der Waals surface area contributed by atoms with Gasteiger partial charge in [-0.3, -0.25) is 14.0 Å². The number of anilines is 2. The Morgan fingerprint density at radius 1 is 1.03 bits per heavy atom. The molecule has 1 aliphatic rings. The van der Waals surface area contributed by atoms with Gasteiger partial charge in [-0.1, -0.05) is 35.6 Å². The Morgan fingerprint density at radius 2 is 1.78 bits per heavy atom. The minimum absolute atomic E-state index is 0.176. The van der Waals surface area contributed by atoms with E-state index in [1.807, 2.05) is 57.4 Å². The zero-order chi connectivity index (χ0) is 26.2. The van der Waals surface area contributed by atoms with E-state index in [1.165, 1.54) is 27.8 Å². The lowest BCUT2D eigenvalue weighted by atomic mass is 10.2. The molecule has 0 spiro atoms. The van der Waals surface area contributed by atoms with Crippen LogP contribution in [0.5, 0.6) is 0 Å². The Balaban J connectivity index is 1.42. The van der Waals surface area contributed by atoms with E-state index in [1.54, 1.807) is 17.0 Å². The van der Waals surface area contributed by atoms with Gasteiger partial charge in [-0.25, -0.2) is 13.4 Å². The third-order valence-electron chi connectivity index (χ3n) is 6.53. The summed E-state index contributed by atoms with van der Waals surface area (Å²) in [7, 11) is 0.290. The van der Waals surface area contributed by atoms with Gasteiger partial charge in [0, 0.05) is 18.7 Å². The number of hydrogen-bond donors (Lipinski definition) is 0. The van der Waals surface area contributed by atoms with Crippen LogP contribution in [-0.4, -0.2) is 57.9 Å². The van der Waals surface area contributed by atoms with Crippen LogP contribution in [0.25, 0.3) is 10.2 Å². The summed E-state index contributed by atoms with van der Waals surface area (Å²) in [5, 5.41) is 0.648. The summed E-state index contributed by atoms with van der Waals surface area (Å²) in [6, 6.07) is 19.9. The zero-order valence-electron chi connectivity index (χ0n) is 21.2. The van der Waals surface area contributed by atoms with Gasteiger partial charge in [0.25, 0.3) is 15.9 Å². The van der Waals surface area contributed by atoms with Crippen molar-refractivity contribution in [2.24, 2.45) is 0 Å². The molecule has 3 aromatic carbocycles. The highest BCUT2D eigenvalue weighted by Gasteiger charge is 2.31. The van der Waals surface area contributed by atoms with Gasteiger partial charge in [0.05, 0.1) is 20.8 Å². The van der Waals surface area contributed by atoms with Crippen molar-refractivity contribution >= 4 is 48.3 Å². The van der Waals surface area contributed by atoms with E-state index in [0.717, 1.165) is 40.0 Å². The van der Waals surface area contributed by atoms with E-state index in [-0.39, 0.29) is 10.8 Å². The van der Waals surface area contributed by atoms with Gasteiger partial charge in [-0.2, -0.15) is 0 Å². The molecule has 0 unspecified atom stereocenters. The van der Waals surface area contributed by atoms with E-state index in [2.05, 4.69) is 11.0 Å². The Labute approximate surface area is 222 Å². The SMILES string of the molecule is Cc1ccc2nc(N(CCCN(C)C)C(=O)c3ccc(S(=O)(=O)N4CCc5ccccc54)cc3)sc2c1. The number of aromatic nitrogens is 1. The van der Waals surface area contributed by atoms with Gasteiger partial charge in [-0.05, 0) is 94.0 Å². The number of rotatable bonds is 8. The molecule has 2 heterocycles. The summed E-state index contributed by atoms with van der Waals surface area (Å²) in [6.07, 6.45) is 1.48. The molecule has 37 heavy (non-hydrogen) atoms. The predicted molar refractivity (Wildman–Crippen MR) is 150 cm³/mol. The third kappa shape index (κ3) is 5.12. The standard InChI is InChI=1S/C28H30N4O3S2/c1-20-9-14-24-26(19-20)36-28(29-24)31(17-6-16-30(2)3)27(33)22-10-12-23(13-11-22)37(34,35)32-18-15-21-7-4-5-8-25(21)32/h4-5,7-14,19H,6,15-18H2,1-3H3. The van der Waals surface area contributed by atoms with Crippen LogP contribution in [-0.2, 0) is 16.4 Å². The number of carbonyl (C=O) groups excluding carboxylic acids is 1. The Kier molecular flexibility index (Phi) is 7.02. The Bertz CT molecular complexity index is 1550. The van der Waals surface area contributed by atoms with Crippen LogP contribution in [0.4, 0.5) is 10.8 Å². The van der Waals surface area contributed by atoms with Crippen molar-refractivity contribution < 1.29 is 13.2 Å². The summed E-state index contributed by atoms with van der Waals surface area (Å²) < 4.78 is 29.3. The molecular formula is C28H30N4O3S2. The molecule has 0 saturated heterocycles. The van der Waals surface area contributed by atoms with Gasteiger partial charge in [0.2, 0.25) is 0 Å². The van der Waals surface area contributed by atoms with Crippen molar-refractivity contribution in [1.82, 2.24) is 9.88 Å². The van der Waals surface area contributed by atoms with Crippen LogP contribution in [0.15, 0.2) is 71.6 Å². The summed E-state index contributed by atoms with van der Waals surface area (Å²) in [4.78, 5) is 22.4. The number of aryl methyl sites for hydroxylation is 1. The fraction of sp³-hybridized carbons (Fsp3) is 0.286. The maximum absolute atomic E-state index is 13.7. The maximum Gasteiger partial charge on any atom is 0.264 e. The van der Waals surface area contributed by atoms with Gasteiger partial charge in [0.15, 0.2) is 5.13 Å². The lowest BCUT2D eigenvalue weighted by molar-refractivity contribution is 0.0986. The fourth-order valence-electron chi connectivity index (χ4n) is 4.57. The van der Waals surface area contributed by atoms with Gasteiger partial charge >= 0.3 is 0 Å². The van der Waals surface area contributed by atoms with Crippen molar-refractivity contribution in [1.29, 1.82) is 0 Å². The fourth-order valence-corrected chi connectivity index (χ4v) is 7.17. The molecule has 9 heteroatoms.